The fourth-order valence-electron chi connectivity index (χ4n) is 7.66. The van der Waals surface area contributed by atoms with Gasteiger partial charge in [-0.15, -0.1) is 0 Å². The second-order valence-corrected chi connectivity index (χ2v) is 18.0. The lowest BCUT2D eigenvalue weighted by Gasteiger charge is -2.25. The van der Waals surface area contributed by atoms with Crippen molar-refractivity contribution in [2.24, 2.45) is 0 Å². The highest BCUT2D eigenvalue weighted by atomic mass is 35.5. The first-order valence-corrected chi connectivity index (χ1v) is 21.7. The van der Waals surface area contributed by atoms with E-state index >= 15 is 9.18 Å². The van der Waals surface area contributed by atoms with Crippen molar-refractivity contribution >= 4 is 55.2 Å². The van der Waals surface area contributed by atoms with Crippen LogP contribution in [0.2, 0.25) is 5.02 Å². The number of anilines is 1. The number of aromatic nitrogens is 6. The molecule has 320 valence electrons. The molecule has 2 fully saturated rings. The van der Waals surface area contributed by atoms with Gasteiger partial charge in [0.2, 0.25) is 15.9 Å². The summed E-state index contributed by atoms with van der Waals surface area (Å²) in [5.74, 6) is -3.32. The van der Waals surface area contributed by atoms with Crippen molar-refractivity contribution in [1.29, 1.82) is 0 Å². The predicted octanol–water partition coefficient (Wildman–Crippen LogP) is 8.38. The van der Waals surface area contributed by atoms with Gasteiger partial charge in [-0.3, -0.25) is 28.2 Å². The molecular weight excluding hydrogens is 855 g/mol. The fraction of sp³-hybridized carbons (Fsp3) is 0.279. The largest absolute Gasteiger partial charge is 0.344 e. The zero-order valence-electron chi connectivity index (χ0n) is 32.7. The number of hydrogen-bond donors (Lipinski definition) is 2. The van der Waals surface area contributed by atoms with Crippen molar-refractivity contribution in [3.05, 3.63) is 135 Å². The first-order valence-electron chi connectivity index (χ1n) is 19.8. The van der Waals surface area contributed by atoms with Crippen LogP contribution in [0, 0.1) is 17.5 Å². The number of nitrogens with zero attached hydrogens (tertiary/aromatic N) is 6. The molecule has 0 unspecified atom stereocenters. The summed E-state index contributed by atoms with van der Waals surface area (Å²) in [4.78, 5) is 34.3. The van der Waals surface area contributed by atoms with E-state index in [1.54, 1.807) is 19.2 Å². The highest BCUT2D eigenvalue weighted by Crippen LogP contribution is 2.40. The molecule has 19 heteroatoms. The van der Waals surface area contributed by atoms with E-state index in [2.05, 4.69) is 20.2 Å². The summed E-state index contributed by atoms with van der Waals surface area (Å²) in [5, 5.41) is 10.8. The number of halogens is 6. The molecular formula is C43H36ClF5N8O4S. The molecule has 9 rings (SSSR count). The van der Waals surface area contributed by atoms with E-state index < -0.39 is 69.2 Å². The average Bonchev–Trinajstić information content (AvgIpc) is 4.17. The Morgan fingerprint density at radius 2 is 1.68 bits per heavy atom. The van der Waals surface area contributed by atoms with Crippen LogP contribution in [0.25, 0.3) is 38.6 Å². The van der Waals surface area contributed by atoms with Gasteiger partial charge in [0.25, 0.3) is 12.0 Å². The number of fused-ring (bicyclic) bond motifs is 2. The maximum absolute atomic E-state index is 15.1. The second-order valence-electron chi connectivity index (χ2n) is 15.6. The first kappa shape index (κ1) is 41.2. The summed E-state index contributed by atoms with van der Waals surface area (Å²) in [6.07, 6.45) is 0.988. The van der Waals surface area contributed by atoms with Crippen molar-refractivity contribution in [1.82, 2.24) is 34.4 Å². The van der Waals surface area contributed by atoms with Crippen molar-refractivity contribution in [3.8, 4) is 16.8 Å². The Hall–Kier alpha value is -6.14. The van der Waals surface area contributed by atoms with Crippen LogP contribution in [0.3, 0.4) is 0 Å². The normalized spacial score (nSPS) is 15.4. The van der Waals surface area contributed by atoms with Gasteiger partial charge in [-0.25, -0.2) is 35.4 Å². The molecule has 0 aliphatic heterocycles. The minimum atomic E-state index is -4.01. The van der Waals surface area contributed by atoms with E-state index in [1.165, 1.54) is 53.2 Å². The lowest BCUT2D eigenvalue weighted by atomic mass is 10.0. The molecule has 2 N–H and O–H groups in total. The molecule has 2 saturated carbocycles. The molecule has 7 aromatic rings. The molecule has 2 aliphatic rings. The maximum Gasteiger partial charge on any atom is 0.266 e. The zero-order chi connectivity index (χ0) is 43.6. The molecule has 12 nitrogen and oxygen atoms in total. The van der Waals surface area contributed by atoms with Crippen molar-refractivity contribution in [2.45, 2.75) is 75.2 Å². The monoisotopic (exact) mass is 890 g/mol. The number of alkyl halides is 2. The average molecular weight is 891 g/mol. The minimum Gasteiger partial charge on any atom is -0.344 e. The van der Waals surface area contributed by atoms with Gasteiger partial charge in [0, 0.05) is 30.2 Å². The molecule has 62 heavy (non-hydrogen) atoms. The van der Waals surface area contributed by atoms with E-state index in [0.717, 1.165) is 39.9 Å². The number of carbonyl (C=O) groups excluding carboxylic acids is 1. The molecule has 0 radical (unpaired) electrons. The summed E-state index contributed by atoms with van der Waals surface area (Å²) < 4.78 is 105. The van der Waals surface area contributed by atoms with Gasteiger partial charge in [0.15, 0.2) is 5.82 Å². The highest BCUT2D eigenvalue weighted by Gasteiger charge is 2.37. The Bertz CT molecular complexity index is 3070. The molecule has 2 atom stereocenters. The van der Waals surface area contributed by atoms with E-state index in [1.807, 2.05) is 6.07 Å². The van der Waals surface area contributed by atoms with Crippen LogP contribution in [0.1, 0.15) is 67.7 Å². The Morgan fingerprint density at radius 1 is 0.935 bits per heavy atom. The molecule has 1 amide bonds. The van der Waals surface area contributed by atoms with Crippen LogP contribution < -0.4 is 15.6 Å². The van der Waals surface area contributed by atoms with Gasteiger partial charge >= 0.3 is 0 Å². The van der Waals surface area contributed by atoms with Crippen molar-refractivity contribution in [3.63, 3.8) is 0 Å². The second kappa shape index (κ2) is 16.0. The lowest BCUT2D eigenvalue weighted by molar-refractivity contribution is -0.125. The third-order valence-electron chi connectivity index (χ3n) is 11.0. The van der Waals surface area contributed by atoms with Gasteiger partial charge in [0.05, 0.1) is 49.5 Å². The Labute approximate surface area is 355 Å². The minimum absolute atomic E-state index is 0.0223. The van der Waals surface area contributed by atoms with E-state index in [0.29, 0.717) is 24.5 Å². The van der Waals surface area contributed by atoms with Crippen molar-refractivity contribution in [2.75, 3.05) is 4.72 Å². The molecule has 4 aromatic carbocycles. The summed E-state index contributed by atoms with van der Waals surface area (Å²) in [6.45, 7) is 0.536. The summed E-state index contributed by atoms with van der Waals surface area (Å²) in [6, 6.07) is 15.3. The number of sulfonamides is 1. The topological polar surface area (TPSA) is 146 Å². The summed E-state index contributed by atoms with van der Waals surface area (Å²) >= 11 is 6.70. The third-order valence-corrected chi connectivity index (χ3v) is 13.2. The van der Waals surface area contributed by atoms with Crippen LogP contribution >= 0.6 is 11.6 Å². The lowest BCUT2D eigenvalue weighted by Crippen LogP contribution is -2.39. The first-order chi connectivity index (χ1) is 29.6. The van der Waals surface area contributed by atoms with Gasteiger partial charge in [-0.1, -0.05) is 35.9 Å². The highest BCUT2D eigenvalue weighted by molar-refractivity contribution is 7.93. The number of carbonyl (C=O) groups is 1. The standard InChI is InChI=1S/C43H36ClF5N8O4S/c1-22(55-15-14-33(52-55)24-6-7-24)42(58)51-35(18-23-16-26(45)20-27(46)17-23)41-50-34-19-25(29-4-2-3-5-32(29)47)8-11-30(34)43(59)57(41)36-13-12-31(44)38-39(36)56(21-37(48)49)53-40(38)54-62(60,61)28-9-10-28/h2-5,8,11-17,19-20,22,24,28,35,37H,6-7,9-10,18,21H2,1H3,(H,51,58)(H,53,54)/t22-,35-/m0/s1. The smallest absolute Gasteiger partial charge is 0.266 e. The van der Waals surface area contributed by atoms with Crippen LogP contribution in [0.4, 0.5) is 27.8 Å². The molecule has 3 heterocycles. The zero-order valence-corrected chi connectivity index (χ0v) is 34.3. The van der Waals surface area contributed by atoms with E-state index in [9.17, 15) is 30.8 Å². The Kier molecular flexibility index (Phi) is 10.6. The van der Waals surface area contributed by atoms with E-state index in [4.69, 9.17) is 16.6 Å². The van der Waals surface area contributed by atoms with Gasteiger partial charge < -0.3 is 5.32 Å². The number of benzene rings is 4. The molecule has 3 aromatic heterocycles. The Morgan fingerprint density at radius 3 is 2.37 bits per heavy atom. The fourth-order valence-corrected chi connectivity index (χ4v) is 9.23. The number of amides is 1. The van der Waals surface area contributed by atoms with E-state index in [-0.39, 0.29) is 67.6 Å². The molecule has 0 spiro atoms. The van der Waals surface area contributed by atoms with Gasteiger partial charge in [0.1, 0.15) is 35.9 Å². The van der Waals surface area contributed by atoms with Gasteiger partial charge in [-0.2, -0.15) is 10.2 Å². The molecule has 0 saturated heterocycles. The predicted molar refractivity (Wildman–Crippen MR) is 222 cm³/mol. The Balaban J connectivity index is 1.29. The quantitative estimate of drug-likeness (QED) is 0.104. The number of rotatable bonds is 14. The van der Waals surface area contributed by atoms with Gasteiger partial charge in [-0.05, 0) is 92.3 Å². The number of hydrogen-bond acceptors (Lipinski definition) is 7. The SMILES string of the molecule is C[C@@H](C(=O)N[C@@H](Cc1cc(F)cc(F)c1)c1nc2cc(-c3ccccc3F)ccc2c(=O)n1-c1ccc(Cl)c2c(NS(=O)(=O)C3CC3)nn(CC(F)F)c12)n1ccc(C2CC2)n1. The maximum atomic E-state index is 15.1. The van der Waals surface area contributed by atoms with Crippen LogP contribution in [-0.4, -0.2) is 55.1 Å². The van der Waals surface area contributed by atoms with Crippen LogP contribution in [0.5, 0.6) is 0 Å². The molecule has 2 aliphatic carbocycles. The van der Waals surface area contributed by atoms with Crippen LogP contribution in [0.15, 0.2) is 89.9 Å². The number of nitrogens with one attached hydrogen (secondary N) is 2. The summed E-state index contributed by atoms with van der Waals surface area (Å²) in [5.41, 5.74) is 0.323. The summed E-state index contributed by atoms with van der Waals surface area (Å²) in [7, 11) is -4.01. The van der Waals surface area contributed by atoms with Crippen LogP contribution in [-0.2, 0) is 27.8 Å². The molecule has 0 bridgehead atoms. The van der Waals surface area contributed by atoms with Crippen molar-refractivity contribution < 1.29 is 35.2 Å². The third kappa shape index (κ3) is 8.03.